The van der Waals surface area contributed by atoms with E-state index in [2.05, 4.69) is 10.6 Å². The van der Waals surface area contributed by atoms with E-state index in [0.29, 0.717) is 12.1 Å². The monoisotopic (exact) mass is 210 g/mol. The lowest BCUT2D eigenvalue weighted by Gasteiger charge is -2.12. The van der Waals surface area contributed by atoms with E-state index in [1.165, 1.54) is 6.07 Å². The predicted octanol–water partition coefficient (Wildman–Crippen LogP) is 1.05. The molecule has 0 saturated heterocycles. The third-order valence-electron chi connectivity index (χ3n) is 2.20. The van der Waals surface area contributed by atoms with Crippen molar-refractivity contribution in [2.24, 2.45) is 0 Å². The molecule has 0 aliphatic heterocycles. The number of rotatable bonds is 4. The number of hydrogen-bond donors (Lipinski definition) is 2. The Morgan fingerprint density at radius 3 is 2.73 bits per heavy atom. The molecule has 0 heterocycles. The Bertz CT molecular complexity index is 341. The number of benzene rings is 1. The molecule has 0 radical (unpaired) electrons. The van der Waals surface area contributed by atoms with Gasteiger partial charge < -0.3 is 10.6 Å². The van der Waals surface area contributed by atoms with Crippen molar-refractivity contribution in [2.45, 2.75) is 19.5 Å². The molecule has 0 spiro atoms. The molecule has 3 nitrogen and oxygen atoms in total. The molecule has 15 heavy (non-hydrogen) atoms. The van der Waals surface area contributed by atoms with Gasteiger partial charge in [0.1, 0.15) is 5.82 Å². The van der Waals surface area contributed by atoms with Crippen molar-refractivity contribution in [3.8, 4) is 0 Å². The summed E-state index contributed by atoms with van der Waals surface area (Å²) in [4.78, 5) is 11.2. The van der Waals surface area contributed by atoms with E-state index in [9.17, 15) is 9.18 Å². The Hall–Kier alpha value is -1.42. The first kappa shape index (κ1) is 11.7. The number of amides is 1. The molecule has 0 aromatic heterocycles. The third kappa shape index (κ3) is 3.32. The minimum atomic E-state index is -0.324. The van der Waals surface area contributed by atoms with Crippen molar-refractivity contribution in [2.75, 3.05) is 7.05 Å². The second kappa shape index (κ2) is 5.46. The van der Waals surface area contributed by atoms with Crippen LogP contribution < -0.4 is 10.6 Å². The summed E-state index contributed by atoms with van der Waals surface area (Å²) in [5, 5.41) is 5.46. The molecule has 82 valence electrons. The molecule has 0 aliphatic carbocycles. The number of halogens is 1. The maximum atomic E-state index is 13.2. The maximum Gasteiger partial charge on any atom is 0.236 e. The molecule has 1 amide bonds. The molecule has 0 bridgehead atoms. The van der Waals surface area contributed by atoms with Gasteiger partial charge >= 0.3 is 0 Å². The van der Waals surface area contributed by atoms with Crippen molar-refractivity contribution >= 4 is 5.91 Å². The Morgan fingerprint density at radius 1 is 1.47 bits per heavy atom. The standard InChI is InChI=1S/C11H15FN2O/c1-8(11(15)13-2)14-7-9-5-3-4-6-10(9)12/h3-6,8,14H,7H2,1-2H3,(H,13,15)/t8-/m1/s1. The zero-order valence-electron chi connectivity index (χ0n) is 8.88. The lowest BCUT2D eigenvalue weighted by atomic mass is 10.2. The van der Waals surface area contributed by atoms with Crippen LogP contribution in [0.4, 0.5) is 4.39 Å². The van der Waals surface area contributed by atoms with Crippen molar-refractivity contribution in [1.29, 1.82) is 0 Å². The molecule has 1 aromatic rings. The Labute approximate surface area is 88.7 Å². The van der Waals surface area contributed by atoms with Crippen LogP contribution in [0, 0.1) is 5.82 Å². The highest BCUT2D eigenvalue weighted by molar-refractivity contribution is 5.80. The van der Waals surface area contributed by atoms with E-state index >= 15 is 0 Å². The average molecular weight is 210 g/mol. The molecular formula is C11H15FN2O. The first-order valence-corrected chi connectivity index (χ1v) is 4.83. The number of nitrogens with one attached hydrogen (secondary N) is 2. The molecular weight excluding hydrogens is 195 g/mol. The van der Waals surface area contributed by atoms with Crippen LogP contribution in [0.2, 0.25) is 0 Å². The minimum Gasteiger partial charge on any atom is -0.358 e. The van der Waals surface area contributed by atoms with E-state index in [1.54, 1.807) is 32.2 Å². The summed E-state index contributed by atoms with van der Waals surface area (Å²) in [7, 11) is 1.57. The zero-order chi connectivity index (χ0) is 11.3. The van der Waals surface area contributed by atoms with Crippen molar-refractivity contribution in [3.63, 3.8) is 0 Å². The molecule has 1 aromatic carbocycles. The van der Waals surface area contributed by atoms with Gasteiger partial charge in [-0.2, -0.15) is 0 Å². The smallest absolute Gasteiger partial charge is 0.236 e. The summed E-state index contributed by atoms with van der Waals surface area (Å²) in [6.07, 6.45) is 0. The fraction of sp³-hybridized carbons (Fsp3) is 0.364. The maximum absolute atomic E-state index is 13.2. The lowest BCUT2D eigenvalue weighted by molar-refractivity contribution is -0.122. The summed E-state index contributed by atoms with van der Waals surface area (Å²) in [5.41, 5.74) is 0.563. The predicted molar refractivity (Wildman–Crippen MR) is 56.8 cm³/mol. The third-order valence-corrected chi connectivity index (χ3v) is 2.20. The van der Waals surface area contributed by atoms with Crippen LogP contribution in [-0.2, 0) is 11.3 Å². The number of carbonyl (C=O) groups is 1. The lowest BCUT2D eigenvalue weighted by Crippen LogP contribution is -2.40. The van der Waals surface area contributed by atoms with Crippen molar-refractivity contribution < 1.29 is 9.18 Å². The van der Waals surface area contributed by atoms with Gasteiger partial charge in [-0.1, -0.05) is 18.2 Å². The number of hydrogen-bond acceptors (Lipinski definition) is 2. The molecule has 0 aliphatic rings. The molecule has 0 fully saturated rings. The average Bonchev–Trinajstić information content (AvgIpc) is 2.26. The second-order valence-electron chi connectivity index (χ2n) is 3.31. The van der Waals surface area contributed by atoms with Crippen LogP contribution in [0.5, 0.6) is 0 Å². The van der Waals surface area contributed by atoms with Gasteiger partial charge in [0.05, 0.1) is 6.04 Å². The summed E-state index contributed by atoms with van der Waals surface area (Å²) < 4.78 is 13.2. The molecule has 4 heteroatoms. The van der Waals surface area contributed by atoms with Gasteiger partial charge in [-0.05, 0) is 13.0 Å². The van der Waals surface area contributed by atoms with Crippen LogP contribution in [0.25, 0.3) is 0 Å². The SMILES string of the molecule is CNC(=O)[C@@H](C)NCc1ccccc1F. The van der Waals surface area contributed by atoms with Gasteiger partial charge in [0.15, 0.2) is 0 Å². The van der Waals surface area contributed by atoms with Gasteiger partial charge in [-0.25, -0.2) is 4.39 Å². The highest BCUT2D eigenvalue weighted by Crippen LogP contribution is 2.05. The van der Waals surface area contributed by atoms with Gasteiger partial charge in [0.2, 0.25) is 5.91 Å². The Kier molecular flexibility index (Phi) is 4.24. The summed E-state index contributed by atoms with van der Waals surface area (Å²) in [6.45, 7) is 2.08. The van der Waals surface area contributed by atoms with E-state index < -0.39 is 0 Å². The van der Waals surface area contributed by atoms with Crippen LogP contribution in [0.3, 0.4) is 0 Å². The molecule has 0 unspecified atom stereocenters. The molecule has 1 rings (SSSR count). The van der Waals surface area contributed by atoms with Gasteiger partial charge in [-0.15, -0.1) is 0 Å². The summed E-state index contributed by atoms with van der Waals surface area (Å²) in [6, 6.07) is 6.18. The highest BCUT2D eigenvalue weighted by atomic mass is 19.1. The summed E-state index contributed by atoms with van der Waals surface area (Å²) >= 11 is 0. The quantitative estimate of drug-likeness (QED) is 0.780. The highest BCUT2D eigenvalue weighted by Gasteiger charge is 2.10. The van der Waals surface area contributed by atoms with Crippen LogP contribution in [0.15, 0.2) is 24.3 Å². The van der Waals surface area contributed by atoms with E-state index in [0.717, 1.165) is 0 Å². The minimum absolute atomic E-state index is 0.105. The molecule has 2 N–H and O–H groups in total. The fourth-order valence-electron chi connectivity index (χ4n) is 1.21. The first-order chi connectivity index (χ1) is 7.15. The van der Waals surface area contributed by atoms with Crippen molar-refractivity contribution in [3.05, 3.63) is 35.6 Å². The first-order valence-electron chi connectivity index (χ1n) is 4.83. The zero-order valence-corrected chi connectivity index (χ0v) is 8.88. The topological polar surface area (TPSA) is 41.1 Å². The summed E-state index contributed by atoms with van der Waals surface area (Å²) in [5.74, 6) is -0.361. The number of carbonyl (C=O) groups excluding carboxylic acids is 1. The Morgan fingerprint density at radius 2 is 2.13 bits per heavy atom. The van der Waals surface area contributed by atoms with Crippen LogP contribution >= 0.6 is 0 Å². The van der Waals surface area contributed by atoms with Gasteiger partial charge in [-0.3, -0.25) is 4.79 Å². The van der Waals surface area contributed by atoms with Crippen LogP contribution in [0.1, 0.15) is 12.5 Å². The largest absolute Gasteiger partial charge is 0.358 e. The van der Waals surface area contributed by atoms with Gasteiger partial charge in [0, 0.05) is 19.2 Å². The van der Waals surface area contributed by atoms with Crippen LogP contribution in [-0.4, -0.2) is 19.0 Å². The van der Waals surface area contributed by atoms with E-state index in [4.69, 9.17) is 0 Å². The fourth-order valence-corrected chi connectivity index (χ4v) is 1.21. The van der Waals surface area contributed by atoms with Crippen molar-refractivity contribution in [1.82, 2.24) is 10.6 Å². The number of likely N-dealkylation sites (N-methyl/N-ethyl adjacent to an activating group) is 1. The normalized spacial score (nSPS) is 12.2. The molecule has 0 saturated carbocycles. The second-order valence-corrected chi connectivity index (χ2v) is 3.31. The van der Waals surface area contributed by atoms with E-state index in [-0.39, 0.29) is 17.8 Å². The Balaban J connectivity index is 2.50. The van der Waals surface area contributed by atoms with Gasteiger partial charge in [0.25, 0.3) is 0 Å². The van der Waals surface area contributed by atoms with E-state index in [1.807, 2.05) is 0 Å². The molecule has 1 atom stereocenters.